The van der Waals surface area contributed by atoms with Gasteiger partial charge in [0.2, 0.25) is 0 Å². The molecule has 0 aromatic heterocycles. The van der Waals surface area contributed by atoms with Gasteiger partial charge < -0.3 is 9.47 Å². The van der Waals surface area contributed by atoms with E-state index in [4.69, 9.17) is 9.47 Å². The van der Waals surface area contributed by atoms with Gasteiger partial charge >= 0.3 is 0 Å². The van der Waals surface area contributed by atoms with Gasteiger partial charge in [-0.3, -0.25) is 4.79 Å². The van der Waals surface area contributed by atoms with E-state index in [1.807, 2.05) is 84.9 Å². The summed E-state index contributed by atoms with van der Waals surface area (Å²) in [5, 5.41) is 4.17. The molecule has 0 spiro atoms. The van der Waals surface area contributed by atoms with Gasteiger partial charge in [-0.1, -0.05) is 103 Å². The maximum Gasteiger partial charge on any atom is 0.198 e. The molecule has 1 saturated heterocycles. The minimum Gasteiger partial charge on any atom is -0.488 e. The van der Waals surface area contributed by atoms with Crippen molar-refractivity contribution >= 4 is 27.3 Å². The van der Waals surface area contributed by atoms with Crippen LogP contribution in [0.2, 0.25) is 0 Å². The monoisotopic (exact) mass is 430 g/mol. The van der Waals surface area contributed by atoms with Gasteiger partial charge in [-0.05, 0) is 38.7 Å². The second-order valence-electron chi connectivity index (χ2n) is 8.34. The molecule has 3 nitrogen and oxygen atoms in total. The third kappa shape index (κ3) is 3.67. The molecule has 0 amide bonds. The molecule has 0 bridgehead atoms. The van der Waals surface area contributed by atoms with Gasteiger partial charge in [0.05, 0.1) is 5.56 Å². The molecular formula is C30H22O3. The number of ketones is 1. The Balaban J connectivity index is 1.36. The van der Waals surface area contributed by atoms with Gasteiger partial charge in [0.15, 0.2) is 11.9 Å². The molecule has 2 atom stereocenters. The first-order valence-corrected chi connectivity index (χ1v) is 11.2. The molecule has 1 aliphatic rings. The summed E-state index contributed by atoms with van der Waals surface area (Å²) in [6.45, 7) is 0.401. The van der Waals surface area contributed by atoms with Crippen molar-refractivity contribution in [1.82, 2.24) is 0 Å². The standard InChI is InChI=1S/C30H22O3/c31-28(30-29(33-30)25-16-8-13-21-11-4-6-14-23(21)25)27-24-15-7-5-12-22(24)17-18-26(27)32-19-20-9-2-1-3-10-20/h1-18,29-30H,19H2/t29-,30+/m0/s1. The average Bonchev–Trinajstić information content (AvgIpc) is 3.68. The highest BCUT2D eigenvalue weighted by Crippen LogP contribution is 2.45. The number of benzene rings is 5. The second-order valence-corrected chi connectivity index (χ2v) is 8.34. The number of carbonyl (C=O) groups is 1. The molecule has 0 unspecified atom stereocenters. The predicted molar refractivity (Wildman–Crippen MR) is 131 cm³/mol. The summed E-state index contributed by atoms with van der Waals surface area (Å²) in [6, 6.07) is 36.2. The van der Waals surface area contributed by atoms with E-state index in [0.29, 0.717) is 17.9 Å². The molecule has 0 N–H and O–H groups in total. The molecule has 0 saturated carbocycles. The number of hydrogen-bond acceptors (Lipinski definition) is 3. The Hall–Kier alpha value is -3.95. The SMILES string of the molecule is O=C(c1c(OCc2ccccc2)ccc2ccccc12)[C@H]1O[C@H]1c1cccc2ccccc12. The van der Waals surface area contributed by atoms with Crippen LogP contribution < -0.4 is 4.74 Å². The van der Waals surface area contributed by atoms with Crippen LogP contribution >= 0.6 is 0 Å². The Labute approximate surface area is 192 Å². The quantitative estimate of drug-likeness (QED) is 0.217. The van der Waals surface area contributed by atoms with Gasteiger partial charge in [-0.15, -0.1) is 0 Å². The number of epoxide rings is 1. The van der Waals surface area contributed by atoms with Gasteiger partial charge in [-0.25, -0.2) is 0 Å². The van der Waals surface area contributed by atoms with E-state index in [-0.39, 0.29) is 11.9 Å². The fourth-order valence-corrected chi connectivity index (χ4v) is 4.55. The van der Waals surface area contributed by atoms with E-state index in [0.717, 1.165) is 32.7 Å². The number of rotatable bonds is 6. The number of hydrogen-bond donors (Lipinski definition) is 0. The Kier molecular flexibility index (Phi) is 4.89. The van der Waals surface area contributed by atoms with Gasteiger partial charge in [0, 0.05) is 0 Å². The molecule has 1 fully saturated rings. The Morgan fingerprint density at radius 3 is 2.18 bits per heavy atom. The lowest BCUT2D eigenvalue weighted by atomic mass is 9.95. The topological polar surface area (TPSA) is 38.8 Å². The molecule has 5 aromatic carbocycles. The first-order chi connectivity index (χ1) is 16.3. The normalized spacial score (nSPS) is 17.2. The molecule has 0 radical (unpaired) electrons. The van der Waals surface area contributed by atoms with E-state index < -0.39 is 6.10 Å². The summed E-state index contributed by atoms with van der Waals surface area (Å²) >= 11 is 0. The zero-order valence-electron chi connectivity index (χ0n) is 18.0. The van der Waals surface area contributed by atoms with Crippen LogP contribution in [0.1, 0.15) is 27.6 Å². The molecular weight excluding hydrogens is 408 g/mol. The van der Waals surface area contributed by atoms with Crippen LogP contribution in [0.15, 0.2) is 109 Å². The van der Waals surface area contributed by atoms with Crippen molar-refractivity contribution in [3.63, 3.8) is 0 Å². The number of ether oxygens (including phenoxy) is 2. The van der Waals surface area contributed by atoms with Crippen molar-refractivity contribution in [2.45, 2.75) is 18.8 Å². The zero-order chi connectivity index (χ0) is 22.2. The third-order valence-corrected chi connectivity index (χ3v) is 6.25. The Morgan fingerprint density at radius 2 is 1.36 bits per heavy atom. The molecule has 33 heavy (non-hydrogen) atoms. The first kappa shape index (κ1) is 19.7. The van der Waals surface area contributed by atoms with Gasteiger partial charge in [-0.2, -0.15) is 0 Å². The van der Waals surface area contributed by atoms with E-state index >= 15 is 0 Å². The van der Waals surface area contributed by atoms with Crippen molar-refractivity contribution in [3.8, 4) is 5.75 Å². The summed E-state index contributed by atoms with van der Waals surface area (Å²) < 4.78 is 12.2. The van der Waals surface area contributed by atoms with Crippen molar-refractivity contribution in [3.05, 3.63) is 126 Å². The predicted octanol–water partition coefficient (Wildman–Crippen LogP) is 6.89. The minimum absolute atomic E-state index is 0.0344. The number of fused-ring (bicyclic) bond motifs is 2. The summed E-state index contributed by atoms with van der Waals surface area (Å²) in [4.78, 5) is 13.8. The summed E-state index contributed by atoms with van der Waals surface area (Å²) in [6.07, 6.45) is -0.759. The van der Waals surface area contributed by atoms with Gasteiger partial charge in [0.25, 0.3) is 0 Å². The number of Topliss-reactive ketones (excluding diaryl/α,β-unsaturated/α-hetero) is 1. The summed E-state index contributed by atoms with van der Waals surface area (Å²) in [7, 11) is 0. The van der Waals surface area contributed by atoms with Crippen LogP contribution in [0.5, 0.6) is 5.75 Å². The smallest absolute Gasteiger partial charge is 0.198 e. The van der Waals surface area contributed by atoms with Crippen LogP contribution in [0, 0.1) is 0 Å². The molecule has 5 aromatic rings. The lowest BCUT2D eigenvalue weighted by Crippen LogP contribution is -2.12. The third-order valence-electron chi connectivity index (χ3n) is 6.25. The average molecular weight is 431 g/mol. The molecule has 6 rings (SSSR count). The van der Waals surface area contributed by atoms with E-state index in [9.17, 15) is 4.79 Å². The van der Waals surface area contributed by atoms with Crippen molar-refractivity contribution < 1.29 is 14.3 Å². The fraction of sp³-hybridized carbons (Fsp3) is 0.100. The van der Waals surface area contributed by atoms with Crippen molar-refractivity contribution in [1.29, 1.82) is 0 Å². The molecule has 160 valence electrons. The van der Waals surface area contributed by atoms with Crippen molar-refractivity contribution in [2.75, 3.05) is 0 Å². The lowest BCUT2D eigenvalue weighted by Gasteiger charge is -2.13. The first-order valence-electron chi connectivity index (χ1n) is 11.2. The lowest BCUT2D eigenvalue weighted by molar-refractivity contribution is 0.0951. The minimum atomic E-state index is -0.513. The van der Waals surface area contributed by atoms with Crippen LogP contribution in [-0.2, 0) is 11.3 Å². The summed E-state index contributed by atoms with van der Waals surface area (Å²) in [5.74, 6) is 0.558. The maximum atomic E-state index is 13.8. The highest BCUT2D eigenvalue weighted by molar-refractivity contribution is 6.13. The van der Waals surface area contributed by atoms with Crippen molar-refractivity contribution in [2.24, 2.45) is 0 Å². The van der Waals surface area contributed by atoms with E-state index in [1.54, 1.807) is 0 Å². The van der Waals surface area contributed by atoms with Crippen LogP contribution in [0.3, 0.4) is 0 Å². The Morgan fingerprint density at radius 1 is 0.697 bits per heavy atom. The molecule has 0 aliphatic carbocycles. The highest BCUT2D eigenvalue weighted by atomic mass is 16.6. The van der Waals surface area contributed by atoms with Crippen LogP contribution in [-0.4, -0.2) is 11.9 Å². The molecule has 1 heterocycles. The number of carbonyl (C=O) groups excluding carboxylic acids is 1. The van der Waals surface area contributed by atoms with E-state index in [1.165, 1.54) is 0 Å². The van der Waals surface area contributed by atoms with E-state index in [2.05, 4.69) is 24.3 Å². The highest BCUT2D eigenvalue weighted by Gasteiger charge is 2.48. The van der Waals surface area contributed by atoms with Gasteiger partial charge in [0.1, 0.15) is 18.5 Å². The van der Waals surface area contributed by atoms with Crippen LogP contribution in [0.4, 0.5) is 0 Å². The zero-order valence-corrected chi connectivity index (χ0v) is 18.0. The van der Waals surface area contributed by atoms with Crippen LogP contribution in [0.25, 0.3) is 21.5 Å². The second kappa shape index (κ2) is 8.19. The maximum absolute atomic E-state index is 13.8. The molecule has 3 heteroatoms. The summed E-state index contributed by atoms with van der Waals surface area (Å²) in [5.41, 5.74) is 2.70. The Bertz CT molecular complexity index is 1470. The molecule has 1 aliphatic heterocycles. The largest absolute Gasteiger partial charge is 0.488 e. The fourth-order valence-electron chi connectivity index (χ4n) is 4.55.